The molecule has 0 amide bonds. The first kappa shape index (κ1) is 13.4. The molecule has 0 aliphatic carbocycles. The van der Waals surface area contributed by atoms with Gasteiger partial charge in [-0.3, -0.25) is 0 Å². The van der Waals surface area contributed by atoms with Crippen LogP contribution in [0.1, 0.15) is 15.6 Å². The molecule has 0 N–H and O–H groups in total. The lowest BCUT2D eigenvalue weighted by molar-refractivity contribution is 0.184. The van der Waals surface area contributed by atoms with Crippen molar-refractivity contribution >= 4 is 11.3 Å². The summed E-state index contributed by atoms with van der Waals surface area (Å²) in [6, 6.07) is 5.84. The third kappa shape index (κ3) is 3.47. The number of nitriles is 1. The van der Waals surface area contributed by atoms with Crippen LogP contribution in [0.25, 0.3) is 0 Å². The second-order valence-corrected chi connectivity index (χ2v) is 4.71. The molecule has 0 aliphatic heterocycles. The molecular formula is C12H10FN3O2S. The molecule has 2 rings (SSSR count). The predicted molar refractivity (Wildman–Crippen MR) is 66.1 cm³/mol. The second-order valence-electron chi connectivity index (χ2n) is 3.56. The summed E-state index contributed by atoms with van der Waals surface area (Å²) >= 11 is 1.37. The minimum absolute atomic E-state index is 0.00866. The van der Waals surface area contributed by atoms with Gasteiger partial charge in [-0.15, -0.1) is 10.2 Å². The van der Waals surface area contributed by atoms with Crippen molar-refractivity contribution in [3.8, 4) is 11.8 Å². The Morgan fingerprint density at radius 3 is 2.68 bits per heavy atom. The number of benzene rings is 1. The van der Waals surface area contributed by atoms with Crippen LogP contribution in [0.4, 0.5) is 4.39 Å². The lowest BCUT2D eigenvalue weighted by Crippen LogP contribution is -1.96. The van der Waals surface area contributed by atoms with Crippen molar-refractivity contribution in [3.63, 3.8) is 0 Å². The average molecular weight is 279 g/mol. The van der Waals surface area contributed by atoms with Crippen molar-refractivity contribution in [3.05, 3.63) is 39.6 Å². The Bertz CT molecular complexity index is 609. The molecule has 0 spiro atoms. The topological polar surface area (TPSA) is 68.0 Å². The number of aromatic nitrogens is 2. The summed E-state index contributed by atoms with van der Waals surface area (Å²) < 4.78 is 23.7. The van der Waals surface area contributed by atoms with E-state index in [9.17, 15) is 4.39 Å². The molecule has 1 heterocycles. The quantitative estimate of drug-likeness (QED) is 0.839. The zero-order valence-electron chi connectivity index (χ0n) is 10.1. The van der Waals surface area contributed by atoms with E-state index >= 15 is 0 Å². The SMILES string of the molecule is COCc1nnc(COc2ccc(C#N)c(F)c2)s1. The fourth-order valence-electron chi connectivity index (χ4n) is 1.35. The summed E-state index contributed by atoms with van der Waals surface area (Å²) in [5, 5.41) is 17.9. The van der Waals surface area contributed by atoms with E-state index in [4.69, 9.17) is 14.7 Å². The Balaban J connectivity index is 1.98. The molecule has 1 aromatic heterocycles. The molecule has 7 heteroatoms. The molecule has 0 bridgehead atoms. The fourth-order valence-corrected chi connectivity index (χ4v) is 2.08. The molecule has 1 aromatic carbocycles. The van der Waals surface area contributed by atoms with Gasteiger partial charge in [-0.2, -0.15) is 5.26 Å². The van der Waals surface area contributed by atoms with E-state index in [-0.39, 0.29) is 12.2 Å². The van der Waals surface area contributed by atoms with Crippen molar-refractivity contribution in [2.45, 2.75) is 13.2 Å². The van der Waals surface area contributed by atoms with Crippen molar-refractivity contribution in [1.29, 1.82) is 5.26 Å². The molecule has 98 valence electrons. The summed E-state index contributed by atoms with van der Waals surface area (Å²) in [6.07, 6.45) is 0. The maximum Gasteiger partial charge on any atom is 0.155 e. The molecule has 0 unspecified atom stereocenters. The first-order chi connectivity index (χ1) is 9.22. The van der Waals surface area contributed by atoms with Gasteiger partial charge >= 0.3 is 0 Å². The lowest BCUT2D eigenvalue weighted by Gasteiger charge is -2.03. The van der Waals surface area contributed by atoms with Crippen LogP contribution in [0.15, 0.2) is 18.2 Å². The highest BCUT2D eigenvalue weighted by atomic mass is 32.1. The third-order valence-corrected chi connectivity index (χ3v) is 3.07. The Labute approximate surface area is 113 Å². The molecule has 0 fully saturated rings. The molecule has 2 aromatic rings. The monoisotopic (exact) mass is 279 g/mol. The van der Waals surface area contributed by atoms with E-state index < -0.39 is 5.82 Å². The normalized spacial score (nSPS) is 10.2. The highest BCUT2D eigenvalue weighted by molar-refractivity contribution is 7.11. The van der Waals surface area contributed by atoms with Crippen LogP contribution >= 0.6 is 11.3 Å². The number of rotatable bonds is 5. The summed E-state index contributed by atoms with van der Waals surface area (Å²) in [5.41, 5.74) is -0.00866. The van der Waals surface area contributed by atoms with Gasteiger partial charge in [0.2, 0.25) is 0 Å². The van der Waals surface area contributed by atoms with Gasteiger partial charge in [-0.25, -0.2) is 4.39 Å². The van der Waals surface area contributed by atoms with Crippen LogP contribution in [-0.2, 0) is 18.0 Å². The molecule has 19 heavy (non-hydrogen) atoms. The van der Waals surface area contributed by atoms with Crippen LogP contribution in [0.2, 0.25) is 0 Å². The molecule has 0 saturated heterocycles. The molecule has 0 saturated carbocycles. The van der Waals surface area contributed by atoms with Crippen molar-refractivity contribution in [2.24, 2.45) is 0 Å². The van der Waals surface area contributed by atoms with Crippen LogP contribution < -0.4 is 4.74 Å². The van der Waals surface area contributed by atoms with Gasteiger partial charge in [0, 0.05) is 13.2 Å². The number of nitrogens with zero attached hydrogens (tertiary/aromatic N) is 3. The van der Waals surface area contributed by atoms with Gasteiger partial charge in [-0.1, -0.05) is 11.3 Å². The van der Waals surface area contributed by atoms with E-state index in [1.807, 2.05) is 0 Å². The number of halogens is 1. The summed E-state index contributed by atoms with van der Waals surface area (Å²) in [5.74, 6) is -0.252. The first-order valence-electron chi connectivity index (χ1n) is 5.35. The van der Waals surface area contributed by atoms with E-state index in [2.05, 4.69) is 10.2 Å². The Hall–Kier alpha value is -2.04. The average Bonchev–Trinajstić information content (AvgIpc) is 2.85. The maximum atomic E-state index is 13.3. The molecule has 0 aliphatic rings. The van der Waals surface area contributed by atoms with E-state index in [1.165, 1.54) is 23.5 Å². The van der Waals surface area contributed by atoms with Crippen LogP contribution in [0, 0.1) is 17.1 Å². The van der Waals surface area contributed by atoms with Crippen LogP contribution in [0.5, 0.6) is 5.75 Å². The minimum Gasteiger partial charge on any atom is -0.486 e. The first-order valence-corrected chi connectivity index (χ1v) is 6.17. The third-order valence-electron chi connectivity index (χ3n) is 2.20. The summed E-state index contributed by atoms with van der Waals surface area (Å²) in [7, 11) is 1.58. The predicted octanol–water partition coefficient (Wildman–Crippen LogP) is 2.27. The van der Waals surface area contributed by atoms with Gasteiger partial charge in [-0.05, 0) is 12.1 Å². The Morgan fingerprint density at radius 1 is 1.32 bits per heavy atom. The Kier molecular flexibility index (Phi) is 4.39. The molecule has 5 nitrogen and oxygen atoms in total. The number of hydrogen-bond acceptors (Lipinski definition) is 6. The fraction of sp³-hybridized carbons (Fsp3) is 0.250. The number of methoxy groups -OCH3 is 1. The second kappa shape index (κ2) is 6.22. The van der Waals surface area contributed by atoms with Crippen molar-refractivity contribution in [1.82, 2.24) is 10.2 Å². The summed E-state index contributed by atoms with van der Waals surface area (Å²) in [4.78, 5) is 0. The highest BCUT2D eigenvalue weighted by Crippen LogP contribution is 2.18. The molecule has 0 radical (unpaired) electrons. The van der Waals surface area contributed by atoms with Crippen molar-refractivity contribution < 1.29 is 13.9 Å². The molecule has 0 atom stereocenters. The van der Waals surface area contributed by atoms with Gasteiger partial charge in [0.25, 0.3) is 0 Å². The van der Waals surface area contributed by atoms with Crippen LogP contribution in [0.3, 0.4) is 0 Å². The summed E-state index contributed by atoms with van der Waals surface area (Å²) in [6.45, 7) is 0.607. The minimum atomic E-state index is -0.600. The Morgan fingerprint density at radius 2 is 2.05 bits per heavy atom. The van der Waals surface area contributed by atoms with E-state index in [0.29, 0.717) is 17.4 Å². The number of ether oxygens (including phenoxy) is 2. The van der Waals surface area contributed by atoms with E-state index in [0.717, 1.165) is 5.01 Å². The highest BCUT2D eigenvalue weighted by Gasteiger charge is 2.07. The smallest absolute Gasteiger partial charge is 0.155 e. The standard InChI is InChI=1S/C12H10FN3O2S/c1-17-6-11-15-16-12(19-11)7-18-9-3-2-8(5-14)10(13)4-9/h2-4H,6-7H2,1H3. The van der Waals surface area contributed by atoms with Crippen molar-refractivity contribution in [2.75, 3.05) is 7.11 Å². The largest absolute Gasteiger partial charge is 0.486 e. The maximum absolute atomic E-state index is 13.3. The zero-order valence-corrected chi connectivity index (χ0v) is 10.9. The lowest BCUT2D eigenvalue weighted by atomic mass is 10.2. The number of hydrogen-bond donors (Lipinski definition) is 0. The van der Waals surface area contributed by atoms with Gasteiger partial charge < -0.3 is 9.47 Å². The van der Waals surface area contributed by atoms with Gasteiger partial charge in [0.1, 0.15) is 29.3 Å². The zero-order chi connectivity index (χ0) is 13.7. The van der Waals surface area contributed by atoms with Crippen LogP contribution in [-0.4, -0.2) is 17.3 Å². The van der Waals surface area contributed by atoms with Gasteiger partial charge in [0.15, 0.2) is 5.01 Å². The molecular weight excluding hydrogens is 269 g/mol. The van der Waals surface area contributed by atoms with E-state index in [1.54, 1.807) is 19.2 Å². The van der Waals surface area contributed by atoms with Gasteiger partial charge in [0.05, 0.1) is 12.2 Å².